The van der Waals surface area contributed by atoms with Crippen molar-refractivity contribution in [3.63, 3.8) is 0 Å². The fourth-order valence-electron chi connectivity index (χ4n) is 7.32. The van der Waals surface area contributed by atoms with Crippen molar-refractivity contribution in [3.05, 3.63) is 52.8 Å². The first-order valence-electron chi connectivity index (χ1n) is 15.9. The van der Waals surface area contributed by atoms with Gasteiger partial charge in [-0.2, -0.15) is 5.10 Å². The zero-order chi connectivity index (χ0) is 29.0. The van der Waals surface area contributed by atoms with Crippen LogP contribution in [0.4, 0.5) is 0 Å². The fraction of sp³-hybridized carbons (Fsp3) is 0.667. The molecule has 42 heavy (non-hydrogen) atoms. The van der Waals surface area contributed by atoms with E-state index in [-0.39, 0.29) is 30.1 Å². The molecule has 1 spiro atoms. The van der Waals surface area contributed by atoms with Crippen LogP contribution in [0.5, 0.6) is 0 Å². The lowest BCUT2D eigenvalue weighted by Crippen LogP contribution is -2.75. The van der Waals surface area contributed by atoms with E-state index in [2.05, 4.69) is 59.9 Å². The van der Waals surface area contributed by atoms with Crippen molar-refractivity contribution in [2.24, 2.45) is 5.92 Å². The number of nitrogens with one attached hydrogen (secondary N) is 1. The third kappa shape index (κ3) is 6.71. The van der Waals surface area contributed by atoms with Crippen LogP contribution in [0.3, 0.4) is 0 Å². The van der Waals surface area contributed by atoms with E-state index in [1.54, 1.807) is 0 Å². The molecule has 0 bridgehead atoms. The molecule has 2 aliphatic heterocycles. The number of piperidine rings is 1. The van der Waals surface area contributed by atoms with Gasteiger partial charge in [-0.25, -0.2) is 0 Å². The van der Waals surface area contributed by atoms with Gasteiger partial charge in [0.1, 0.15) is 11.6 Å². The molecule has 5 rings (SSSR count). The lowest BCUT2D eigenvalue weighted by Gasteiger charge is -2.52. The second-order valence-electron chi connectivity index (χ2n) is 12.6. The number of carbonyl (C=O) groups is 2. The molecule has 1 aliphatic carbocycles. The molecule has 0 unspecified atom stereocenters. The summed E-state index contributed by atoms with van der Waals surface area (Å²) in [5.74, 6) is -0.0771. The highest BCUT2D eigenvalue weighted by Crippen LogP contribution is 2.36. The fourth-order valence-corrected chi connectivity index (χ4v) is 7.32. The molecule has 2 amide bonds. The van der Waals surface area contributed by atoms with E-state index in [0.717, 1.165) is 76.8 Å². The third-order valence-electron chi connectivity index (χ3n) is 10.0. The van der Waals surface area contributed by atoms with Crippen molar-refractivity contribution in [2.75, 3.05) is 19.6 Å². The number of aromatic nitrogens is 2. The number of aliphatic hydroxyl groups excluding tert-OH is 1. The average Bonchev–Trinajstić information content (AvgIpc) is 3.27. The predicted molar refractivity (Wildman–Crippen MR) is 167 cm³/mol. The molecule has 2 aromatic rings. The number of rotatable bonds is 10. The van der Waals surface area contributed by atoms with Crippen LogP contribution in [0.25, 0.3) is 0 Å². The van der Waals surface area contributed by atoms with Gasteiger partial charge in [0.25, 0.3) is 0 Å². The van der Waals surface area contributed by atoms with E-state index in [4.69, 9.17) is 5.10 Å². The molecule has 1 aromatic carbocycles. The summed E-state index contributed by atoms with van der Waals surface area (Å²) >= 11 is 0. The number of aryl methyl sites for hydroxylation is 3. The lowest BCUT2D eigenvalue weighted by molar-refractivity contribution is -0.166. The predicted octanol–water partition coefficient (Wildman–Crippen LogP) is 4.57. The molecule has 1 aromatic heterocycles. The maximum atomic E-state index is 13.9. The number of hydrogen-bond donors (Lipinski definition) is 2. The molecular formula is C33H50ClN5O3. The maximum Gasteiger partial charge on any atom is 0.248 e. The highest BCUT2D eigenvalue weighted by Gasteiger charge is 2.55. The molecule has 1 saturated carbocycles. The van der Waals surface area contributed by atoms with Crippen LogP contribution in [0.2, 0.25) is 0 Å². The number of benzene rings is 1. The van der Waals surface area contributed by atoms with Gasteiger partial charge in [0.05, 0.1) is 11.8 Å². The third-order valence-corrected chi connectivity index (χ3v) is 10.0. The zero-order valence-corrected chi connectivity index (χ0v) is 26.5. The van der Waals surface area contributed by atoms with E-state index < -0.39 is 17.7 Å². The normalized spacial score (nSPS) is 22.2. The zero-order valence-electron chi connectivity index (χ0n) is 25.7. The number of likely N-dealkylation sites (tertiary alicyclic amines) is 1. The molecule has 3 fully saturated rings. The van der Waals surface area contributed by atoms with Gasteiger partial charge >= 0.3 is 0 Å². The van der Waals surface area contributed by atoms with Crippen molar-refractivity contribution >= 4 is 24.2 Å². The number of carbonyl (C=O) groups excluding carboxylic acids is 2. The van der Waals surface area contributed by atoms with E-state index in [9.17, 15) is 14.7 Å². The summed E-state index contributed by atoms with van der Waals surface area (Å²) in [6.07, 6.45) is 8.38. The molecule has 2 atom stereocenters. The molecule has 2 N–H and O–H groups in total. The van der Waals surface area contributed by atoms with E-state index in [0.29, 0.717) is 19.4 Å². The number of aliphatic hydroxyl groups is 1. The van der Waals surface area contributed by atoms with Gasteiger partial charge in [-0.3, -0.25) is 19.2 Å². The molecule has 0 radical (unpaired) electrons. The van der Waals surface area contributed by atoms with Crippen molar-refractivity contribution < 1.29 is 14.7 Å². The quantitative estimate of drug-likeness (QED) is 0.418. The smallest absolute Gasteiger partial charge is 0.248 e. The molecule has 8 nitrogen and oxygen atoms in total. The molecular weight excluding hydrogens is 550 g/mol. The second kappa shape index (κ2) is 14.4. The lowest BCUT2D eigenvalue weighted by atomic mass is 9.78. The number of unbranched alkanes of at least 4 members (excludes halogenated alkanes) is 1. The first kappa shape index (κ1) is 32.5. The van der Waals surface area contributed by atoms with Gasteiger partial charge in [0, 0.05) is 44.0 Å². The van der Waals surface area contributed by atoms with E-state index >= 15 is 0 Å². The summed E-state index contributed by atoms with van der Waals surface area (Å²) in [4.78, 5) is 32.0. The van der Waals surface area contributed by atoms with Crippen LogP contribution in [0, 0.1) is 19.8 Å². The van der Waals surface area contributed by atoms with Crippen LogP contribution < -0.4 is 5.32 Å². The summed E-state index contributed by atoms with van der Waals surface area (Å²) < 4.78 is 2.13. The summed E-state index contributed by atoms with van der Waals surface area (Å²) in [6.45, 7) is 10.1. The van der Waals surface area contributed by atoms with Gasteiger partial charge < -0.3 is 15.3 Å². The van der Waals surface area contributed by atoms with E-state index in [1.165, 1.54) is 23.2 Å². The standard InChI is InChI=1S/C33H49N5O3.ClH/c1-4-5-19-37-31(40)29(30(39)27-14-10-7-11-15-27)34-32(41)33(37)17-21-36(22-18-33)23-28-24(2)35-38(25(28)3)20-16-26-12-8-6-9-13-26;/h6,8-9,12-13,27,29-30,39H,4-5,7,10-11,14-23H2,1-3H3,(H,34,41);1H/t29-,30-;/m1./s1. The Labute approximate surface area is 257 Å². The number of piperazine rings is 1. The first-order valence-corrected chi connectivity index (χ1v) is 15.9. The monoisotopic (exact) mass is 599 g/mol. The summed E-state index contributed by atoms with van der Waals surface area (Å²) in [6, 6.07) is 9.69. The Bertz CT molecular complexity index is 1190. The van der Waals surface area contributed by atoms with Gasteiger partial charge in [-0.15, -0.1) is 12.4 Å². The Morgan fingerprint density at radius 3 is 2.40 bits per heavy atom. The van der Waals surface area contributed by atoms with Gasteiger partial charge in [-0.1, -0.05) is 62.9 Å². The highest BCUT2D eigenvalue weighted by atomic mass is 35.5. The number of amides is 2. The van der Waals surface area contributed by atoms with Crippen molar-refractivity contribution in [2.45, 2.75) is 116 Å². The Kier molecular flexibility index (Phi) is 11.1. The maximum absolute atomic E-state index is 13.9. The molecule has 9 heteroatoms. The summed E-state index contributed by atoms with van der Waals surface area (Å²) in [5.41, 5.74) is 4.01. The minimum atomic E-state index is -0.824. The molecule has 232 valence electrons. The largest absolute Gasteiger partial charge is 0.390 e. The van der Waals surface area contributed by atoms with Crippen molar-refractivity contribution in [1.29, 1.82) is 0 Å². The molecule has 3 heterocycles. The first-order chi connectivity index (χ1) is 19.8. The Morgan fingerprint density at radius 1 is 1.05 bits per heavy atom. The summed E-state index contributed by atoms with van der Waals surface area (Å²) in [5, 5.41) is 19.1. The molecule has 3 aliphatic rings. The van der Waals surface area contributed by atoms with Crippen molar-refractivity contribution in [3.8, 4) is 0 Å². The Balaban J connectivity index is 0.00000405. The highest BCUT2D eigenvalue weighted by molar-refractivity contribution is 6.00. The number of halogens is 1. The Hall–Kier alpha value is -2.42. The van der Waals surface area contributed by atoms with Crippen LogP contribution in [-0.2, 0) is 29.1 Å². The van der Waals surface area contributed by atoms with Crippen LogP contribution in [0.15, 0.2) is 30.3 Å². The van der Waals surface area contributed by atoms with Crippen LogP contribution in [-0.4, -0.2) is 73.8 Å². The topological polar surface area (TPSA) is 90.7 Å². The molecule has 2 saturated heterocycles. The van der Waals surface area contributed by atoms with Gasteiger partial charge in [-0.05, 0) is 63.9 Å². The van der Waals surface area contributed by atoms with Gasteiger partial charge in [0.15, 0.2) is 0 Å². The SMILES string of the molecule is CCCCN1C(=O)[C@@H]([C@H](O)C2CCCCC2)NC(=O)C12CCN(Cc1c(C)nn(CCc3ccccc3)c1C)CC2.Cl. The average molecular weight is 600 g/mol. The second-order valence-corrected chi connectivity index (χ2v) is 12.6. The minimum absolute atomic E-state index is 0. The van der Waals surface area contributed by atoms with Gasteiger partial charge in [0.2, 0.25) is 11.8 Å². The minimum Gasteiger partial charge on any atom is -0.390 e. The van der Waals surface area contributed by atoms with Crippen LogP contribution in [0.1, 0.15) is 87.2 Å². The van der Waals surface area contributed by atoms with Crippen molar-refractivity contribution in [1.82, 2.24) is 24.9 Å². The number of hydrogen-bond acceptors (Lipinski definition) is 5. The summed E-state index contributed by atoms with van der Waals surface area (Å²) in [7, 11) is 0. The number of nitrogens with zero attached hydrogens (tertiary/aromatic N) is 4. The Morgan fingerprint density at radius 2 is 1.74 bits per heavy atom. The van der Waals surface area contributed by atoms with Crippen LogP contribution >= 0.6 is 12.4 Å². The van der Waals surface area contributed by atoms with E-state index in [1.807, 2.05) is 11.0 Å².